The number of aromatic nitrogens is 1. The average molecular weight is 705 g/mol. The minimum atomic E-state index is -0.960. The van der Waals surface area contributed by atoms with E-state index >= 15 is 0 Å². The first-order valence-electron chi connectivity index (χ1n) is 18.7. The molecule has 4 aliphatic rings. The van der Waals surface area contributed by atoms with Crippen LogP contribution in [-0.4, -0.2) is 120 Å². The molecule has 2 atom stereocenters. The number of carbonyl (C=O) groups excluding carboxylic acids is 5. The van der Waals surface area contributed by atoms with Gasteiger partial charge in [-0.25, -0.2) is 4.98 Å². The Kier molecular flexibility index (Phi) is 12.1. The van der Waals surface area contributed by atoms with Gasteiger partial charge in [0.1, 0.15) is 23.5 Å². The molecule has 3 heterocycles. The summed E-state index contributed by atoms with van der Waals surface area (Å²) in [5, 5.41) is 6.71. The van der Waals surface area contributed by atoms with Crippen molar-refractivity contribution in [2.75, 3.05) is 53.0 Å². The highest BCUT2D eigenvalue weighted by atomic mass is 16.5. The molecule has 0 bridgehead atoms. The van der Waals surface area contributed by atoms with Gasteiger partial charge in [-0.05, 0) is 81.9 Å². The molecule has 2 N–H and O–H groups in total. The zero-order valence-electron chi connectivity index (χ0n) is 30.0. The molecule has 13 heteroatoms. The number of piperazine rings is 1. The molecule has 2 saturated carbocycles. The monoisotopic (exact) mass is 704 g/mol. The molecule has 1 aromatic carbocycles. The number of nitrogens with one attached hydrogen (secondary N) is 2. The van der Waals surface area contributed by atoms with Gasteiger partial charge in [0, 0.05) is 63.7 Å². The summed E-state index contributed by atoms with van der Waals surface area (Å²) < 4.78 is 11.6. The maximum Gasteiger partial charge on any atom is 0.305 e. The minimum Gasteiger partial charge on any atom is -0.483 e. The number of likely N-dealkylation sites (tertiary alicyclic amines) is 1. The van der Waals surface area contributed by atoms with E-state index in [9.17, 15) is 24.0 Å². The van der Waals surface area contributed by atoms with E-state index in [0.29, 0.717) is 68.3 Å². The second-order valence-electron chi connectivity index (χ2n) is 14.6. The van der Waals surface area contributed by atoms with Gasteiger partial charge in [-0.2, -0.15) is 0 Å². The van der Waals surface area contributed by atoms with Gasteiger partial charge in [0.25, 0.3) is 11.8 Å². The number of benzene rings is 1. The Morgan fingerprint density at radius 1 is 0.980 bits per heavy atom. The Labute approximate surface area is 299 Å². The molecule has 13 nitrogen and oxygen atoms in total. The number of nitrogens with zero attached hydrogens (tertiary/aromatic N) is 4. The SMILES string of the molecule is Cc1ccc2c(OCC(=O)N3CCC[C@H]3C(=O)N(C)C3CCC3)cc(C(=O)N[C@@H](CCC(=O)OCC3CCCC3)C(=O)N3CCNCC3)nc2c1. The topological polar surface area (TPSA) is 150 Å². The number of ether oxygens (including phenoxy) is 2. The Hall–Kier alpha value is -4.26. The van der Waals surface area contributed by atoms with Crippen LogP contribution in [0, 0.1) is 12.8 Å². The number of rotatable bonds is 13. The molecule has 276 valence electrons. The van der Waals surface area contributed by atoms with Gasteiger partial charge in [-0.1, -0.05) is 18.9 Å². The van der Waals surface area contributed by atoms with Crippen LogP contribution in [0.2, 0.25) is 0 Å². The highest BCUT2D eigenvalue weighted by Gasteiger charge is 2.38. The van der Waals surface area contributed by atoms with Crippen molar-refractivity contribution in [2.24, 2.45) is 5.92 Å². The summed E-state index contributed by atoms with van der Waals surface area (Å²) in [4.78, 5) is 76.7. The molecule has 2 aliphatic carbocycles. The maximum atomic E-state index is 13.8. The van der Waals surface area contributed by atoms with E-state index in [-0.39, 0.29) is 54.9 Å². The van der Waals surface area contributed by atoms with Crippen LogP contribution in [-0.2, 0) is 23.9 Å². The molecule has 4 fully saturated rings. The van der Waals surface area contributed by atoms with Gasteiger partial charge in [0.05, 0.1) is 12.1 Å². The largest absolute Gasteiger partial charge is 0.483 e. The van der Waals surface area contributed by atoms with Gasteiger partial charge < -0.3 is 34.8 Å². The van der Waals surface area contributed by atoms with Crippen molar-refractivity contribution in [1.29, 1.82) is 0 Å². The summed E-state index contributed by atoms with van der Waals surface area (Å²) in [6.07, 6.45) is 8.97. The predicted molar refractivity (Wildman–Crippen MR) is 190 cm³/mol. The predicted octanol–water partition coefficient (Wildman–Crippen LogP) is 2.97. The van der Waals surface area contributed by atoms with E-state index in [1.165, 1.54) is 6.07 Å². The number of esters is 1. The van der Waals surface area contributed by atoms with Crippen LogP contribution in [0.1, 0.15) is 86.7 Å². The van der Waals surface area contributed by atoms with Crippen LogP contribution in [0.4, 0.5) is 0 Å². The van der Waals surface area contributed by atoms with Crippen LogP contribution in [0.15, 0.2) is 24.3 Å². The molecule has 1 aromatic heterocycles. The fourth-order valence-corrected chi connectivity index (χ4v) is 7.59. The highest BCUT2D eigenvalue weighted by Crippen LogP contribution is 2.29. The zero-order valence-corrected chi connectivity index (χ0v) is 30.0. The Morgan fingerprint density at radius 3 is 2.47 bits per heavy atom. The quantitative estimate of drug-likeness (QED) is 0.300. The van der Waals surface area contributed by atoms with E-state index in [1.807, 2.05) is 32.2 Å². The third kappa shape index (κ3) is 8.98. The summed E-state index contributed by atoms with van der Waals surface area (Å²) in [5.41, 5.74) is 1.45. The second-order valence-corrected chi connectivity index (χ2v) is 14.6. The molecule has 0 unspecified atom stereocenters. The molecule has 4 amide bonds. The standard InChI is InChI=1S/C38H52N6O7/c1-25-12-13-28-30(21-25)40-31(22-33(28)50-24-34(45)44-18-6-11-32(44)38(49)42(2)27-9-5-10-27)36(47)41-29(37(48)43-19-16-39-17-20-43)14-15-35(46)51-23-26-7-3-4-8-26/h12-13,21-22,26-27,29,32,39H,3-11,14-20,23-24H2,1-2H3,(H,41,47)/t29-,32-/m0/s1. The zero-order chi connectivity index (χ0) is 35.9. The van der Waals surface area contributed by atoms with Gasteiger partial charge in [0.15, 0.2) is 6.61 Å². The lowest BCUT2D eigenvalue weighted by Gasteiger charge is -2.37. The highest BCUT2D eigenvalue weighted by molar-refractivity contribution is 5.99. The summed E-state index contributed by atoms with van der Waals surface area (Å²) >= 11 is 0. The lowest BCUT2D eigenvalue weighted by molar-refractivity contribution is -0.146. The number of hydrogen-bond donors (Lipinski definition) is 2. The smallest absolute Gasteiger partial charge is 0.305 e. The Morgan fingerprint density at radius 2 is 1.75 bits per heavy atom. The normalized spacial score (nSPS) is 20.2. The lowest BCUT2D eigenvalue weighted by atomic mass is 9.91. The molecule has 6 rings (SSSR count). The number of hydrogen-bond acceptors (Lipinski definition) is 9. The molecule has 2 aromatic rings. The van der Waals surface area contributed by atoms with Crippen LogP contribution in [0.25, 0.3) is 10.9 Å². The number of carbonyl (C=O) groups is 5. The van der Waals surface area contributed by atoms with E-state index in [4.69, 9.17) is 9.47 Å². The van der Waals surface area contributed by atoms with Crippen molar-refractivity contribution in [3.05, 3.63) is 35.5 Å². The van der Waals surface area contributed by atoms with Gasteiger partial charge >= 0.3 is 5.97 Å². The summed E-state index contributed by atoms with van der Waals surface area (Å²) in [6.45, 7) is 4.76. The average Bonchev–Trinajstić information content (AvgIpc) is 3.83. The number of amides is 4. The lowest BCUT2D eigenvalue weighted by Crippen LogP contribution is -2.54. The first-order chi connectivity index (χ1) is 24.7. The maximum absolute atomic E-state index is 13.8. The first-order valence-corrected chi connectivity index (χ1v) is 18.7. The van der Waals surface area contributed by atoms with Crippen molar-refractivity contribution in [3.63, 3.8) is 0 Å². The number of pyridine rings is 1. The molecule has 0 spiro atoms. The van der Waals surface area contributed by atoms with Gasteiger partial charge in [-0.3, -0.25) is 24.0 Å². The number of aryl methyl sites for hydroxylation is 1. The number of likely N-dealkylation sites (N-methyl/N-ethyl adjacent to an activating group) is 1. The van der Waals surface area contributed by atoms with Crippen molar-refractivity contribution in [3.8, 4) is 5.75 Å². The van der Waals surface area contributed by atoms with Crippen LogP contribution in [0.3, 0.4) is 0 Å². The van der Waals surface area contributed by atoms with E-state index in [1.54, 1.807) is 14.7 Å². The van der Waals surface area contributed by atoms with Crippen molar-refractivity contribution >= 4 is 40.5 Å². The van der Waals surface area contributed by atoms with Crippen LogP contribution < -0.4 is 15.4 Å². The third-order valence-electron chi connectivity index (χ3n) is 11.0. The molecule has 2 aliphatic heterocycles. The third-order valence-corrected chi connectivity index (χ3v) is 11.0. The second kappa shape index (κ2) is 16.8. The molecular weight excluding hydrogens is 652 g/mol. The Balaban J connectivity index is 1.15. The Bertz CT molecular complexity index is 1600. The molecular formula is C38H52N6O7. The summed E-state index contributed by atoms with van der Waals surface area (Å²) in [5.74, 6) is -0.868. The first kappa shape index (κ1) is 36.5. The van der Waals surface area contributed by atoms with E-state index < -0.39 is 18.0 Å². The molecule has 51 heavy (non-hydrogen) atoms. The summed E-state index contributed by atoms with van der Waals surface area (Å²) in [6, 6.07) is 5.83. The van der Waals surface area contributed by atoms with Gasteiger partial charge in [0.2, 0.25) is 11.8 Å². The fourth-order valence-electron chi connectivity index (χ4n) is 7.59. The summed E-state index contributed by atoms with van der Waals surface area (Å²) in [7, 11) is 1.83. The number of fused-ring (bicyclic) bond motifs is 1. The van der Waals surface area contributed by atoms with Crippen LogP contribution >= 0.6 is 0 Å². The van der Waals surface area contributed by atoms with E-state index in [0.717, 1.165) is 56.9 Å². The van der Waals surface area contributed by atoms with Gasteiger partial charge in [-0.15, -0.1) is 0 Å². The molecule has 0 radical (unpaired) electrons. The minimum absolute atomic E-state index is 0.00719. The van der Waals surface area contributed by atoms with Crippen molar-refractivity contribution in [1.82, 2.24) is 30.3 Å². The van der Waals surface area contributed by atoms with Crippen LogP contribution in [0.5, 0.6) is 5.75 Å². The van der Waals surface area contributed by atoms with Crippen molar-refractivity contribution < 1.29 is 33.4 Å². The van der Waals surface area contributed by atoms with E-state index in [2.05, 4.69) is 15.6 Å². The fraction of sp³-hybridized carbons (Fsp3) is 0.632. The molecule has 2 saturated heterocycles. The van der Waals surface area contributed by atoms with Crippen molar-refractivity contribution in [2.45, 2.75) is 95.7 Å².